The Morgan fingerprint density at radius 3 is 2.43 bits per heavy atom. The van der Waals surface area contributed by atoms with Crippen LogP contribution in [0.15, 0.2) is 47.8 Å². The van der Waals surface area contributed by atoms with Crippen LogP contribution in [0.2, 0.25) is 0 Å². The molecule has 1 N–H and O–H groups in total. The van der Waals surface area contributed by atoms with Gasteiger partial charge in [0.1, 0.15) is 5.69 Å². The maximum atomic E-state index is 12.7. The van der Waals surface area contributed by atoms with Crippen molar-refractivity contribution in [2.45, 2.75) is 26.7 Å². The van der Waals surface area contributed by atoms with E-state index in [4.69, 9.17) is 0 Å². The fourth-order valence-electron chi connectivity index (χ4n) is 3.71. The standard InChI is InChI=1S/C22H24N4OS/c1-15-12-16(2)14-18(13-15)23-22(27)17-7-9-26(10-8-17)21-6-5-19(24-25-21)20-4-3-11-28-20/h3-6,11-14,17H,7-10H2,1-2H3,(H,23,27). The van der Waals surface area contributed by atoms with Gasteiger partial charge in [0.25, 0.3) is 0 Å². The van der Waals surface area contributed by atoms with Crippen molar-refractivity contribution in [1.82, 2.24) is 10.2 Å². The van der Waals surface area contributed by atoms with E-state index >= 15 is 0 Å². The molecule has 5 nitrogen and oxygen atoms in total. The van der Waals surface area contributed by atoms with Crippen LogP contribution in [-0.2, 0) is 4.79 Å². The zero-order valence-corrected chi connectivity index (χ0v) is 17.0. The summed E-state index contributed by atoms with van der Waals surface area (Å²) in [5.74, 6) is 1.03. The highest BCUT2D eigenvalue weighted by molar-refractivity contribution is 7.13. The van der Waals surface area contributed by atoms with Gasteiger partial charge in [-0.25, -0.2) is 0 Å². The summed E-state index contributed by atoms with van der Waals surface area (Å²) in [6.07, 6.45) is 1.65. The van der Waals surface area contributed by atoms with Gasteiger partial charge in [0.15, 0.2) is 5.82 Å². The summed E-state index contributed by atoms with van der Waals surface area (Å²) in [5, 5.41) is 13.9. The van der Waals surface area contributed by atoms with Crippen molar-refractivity contribution < 1.29 is 4.79 Å². The molecule has 0 atom stereocenters. The molecule has 4 rings (SSSR count). The molecule has 3 aromatic rings. The lowest BCUT2D eigenvalue weighted by atomic mass is 9.95. The molecule has 28 heavy (non-hydrogen) atoms. The molecule has 1 aromatic carbocycles. The highest BCUT2D eigenvalue weighted by Gasteiger charge is 2.26. The molecule has 6 heteroatoms. The molecule has 1 fully saturated rings. The van der Waals surface area contributed by atoms with Crippen molar-refractivity contribution in [2.24, 2.45) is 5.92 Å². The van der Waals surface area contributed by atoms with Crippen molar-refractivity contribution >= 4 is 28.7 Å². The predicted octanol–water partition coefficient (Wildman–Crippen LogP) is 4.68. The first-order valence-electron chi connectivity index (χ1n) is 9.60. The van der Waals surface area contributed by atoms with Crippen LogP contribution in [0.25, 0.3) is 10.6 Å². The number of thiophene rings is 1. The van der Waals surface area contributed by atoms with Crippen molar-refractivity contribution in [2.75, 3.05) is 23.3 Å². The minimum Gasteiger partial charge on any atom is -0.355 e. The summed E-state index contributed by atoms with van der Waals surface area (Å²) in [6, 6.07) is 14.3. The normalized spacial score (nSPS) is 14.9. The summed E-state index contributed by atoms with van der Waals surface area (Å²) in [7, 11) is 0. The van der Waals surface area contributed by atoms with Gasteiger partial charge in [-0.2, -0.15) is 0 Å². The second-order valence-electron chi connectivity index (χ2n) is 7.38. The van der Waals surface area contributed by atoms with Gasteiger partial charge < -0.3 is 10.2 Å². The number of nitrogens with one attached hydrogen (secondary N) is 1. The van der Waals surface area contributed by atoms with Crippen molar-refractivity contribution in [3.8, 4) is 10.6 Å². The number of hydrogen-bond acceptors (Lipinski definition) is 5. The molecule has 1 aliphatic heterocycles. The van der Waals surface area contributed by atoms with Crippen molar-refractivity contribution in [3.63, 3.8) is 0 Å². The van der Waals surface area contributed by atoms with Crippen LogP contribution >= 0.6 is 11.3 Å². The number of benzene rings is 1. The van der Waals surface area contributed by atoms with E-state index in [2.05, 4.69) is 26.5 Å². The number of piperidine rings is 1. The molecule has 144 valence electrons. The van der Waals surface area contributed by atoms with Crippen LogP contribution in [-0.4, -0.2) is 29.2 Å². The molecule has 0 radical (unpaired) electrons. The number of amides is 1. The number of aryl methyl sites for hydroxylation is 2. The fourth-order valence-corrected chi connectivity index (χ4v) is 4.40. The van der Waals surface area contributed by atoms with E-state index in [1.165, 1.54) is 0 Å². The van der Waals surface area contributed by atoms with Crippen LogP contribution in [0.4, 0.5) is 11.5 Å². The second-order valence-corrected chi connectivity index (χ2v) is 8.33. The first-order chi connectivity index (χ1) is 13.6. The molecule has 3 heterocycles. The van der Waals surface area contributed by atoms with Gasteiger partial charge in [-0.1, -0.05) is 12.1 Å². The Hall–Kier alpha value is -2.73. The molecule has 1 saturated heterocycles. The molecule has 1 amide bonds. The molecule has 0 unspecified atom stereocenters. The lowest BCUT2D eigenvalue weighted by Gasteiger charge is -2.31. The van der Waals surface area contributed by atoms with E-state index in [0.717, 1.165) is 59.1 Å². The largest absolute Gasteiger partial charge is 0.355 e. The SMILES string of the molecule is Cc1cc(C)cc(NC(=O)C2CCN(c3ccc(-c4cccs4)nn3)CC2)c1. The average Bonchev–Trinajstić information content (AvgIpc) is 3.22. The lowest BCUT2D eigenvalue weighted by molar-refractivity contribution is -0.120. The van der Waals surface area contributed by atoms with Gasteiger partial charge in [0, 0.05) is 24.7 Å². The highest BCUT2D eigenvalue weighted by atomic mass is 32.1. The topological polar surface area (TPSA) is 58.1 Å². The van der Waals surface area contributed by atoms with Crippen LogP contribution in [0, 0.1) is 19.8 Å². The second kappa shape index (κ2) is 8.10. The zero-order chi connectivity index (χ0) is 19.5. The number of rotatable bonds is 4. The minimum atomic E-state index is 0.0374. The number of carbonyl (C=O) groups excluding carboxylic acids is 1. The number of anilines is 2. The molecule has 0 saturated carbocycles. The van der Waals surface area contributed by atoms with Crippen LogP contribution in [0.1, 0.15) is 24.0 Å². The van der Waals surface area contributed by atoms with Gasteiger partial charge in [0.05, 0.1) is 4.88 Å². The number of hydrogen-bond donors (Lipinski definition) is 1. The zero-order valence-electron chi connectivity index (χ0n) is 16.2. The maximum Gasteiger partial charge on any atom is 0.227 e. The monoisotopic (exact) mass is 392 g/mol. The van der Waals surface area contributed by atoms with Crippen molar-refractivity contribution in [1.29, 1.82) is 0 Å². The van der Waals surface area contributed by atoms with Gasteiger partial charge in [-0.05, 0) is 73.5 Å². The molecular formula is C22H24N4OS. The van der Waals surface area contributed by atoms with E-state index in [1.54, 1.807) is 11.3 Å². The summed E-state index contributed by atoms with van der Waals surface area (Å²) in [4.78, 5) is 16.0. The smallest absolute Gasteiger partial charge is 0.227 e. The van der Waals surface area contributed by atoms with E-state index in [-0.39, 0.29) is 11.8 Å². The predicted molar refractivity (Wildman–Crippen MR) is 115 cm³/mol. The maximum absolute atomic E-state index is 12.7. The minimum absolute atomic E-state index is 0.0374. The summed E-state index contributed by atoms with van der Waals surface area (Å²) < 4.78 is 0. The Bertz CT molecular complexity index is 925. The molecule has 1 aliphatic rings. The van der Waals surface area contributed by atoms with E-state index in [1.807, 2.05) is 55.6 Å². The van der Waals surface area contributed by atoms with Crippen LogP contribution in [0.5, 0.6) is 0 Å². The quantitative estimate of drug-likeness (QED) is 0.701. The Kier molecular flexibility index (Phi) is 5.39. The van der Waals surface area contributed by atoms with E-state index < -0.39 is 0 Å². The van der Waals surface area contributed by atoms with Gasteiger partial charge in [-0.15, -0.1) is 21.5 Å². The van der Waals surface area contributed by atoms with Crippen LogP contribution < -0.4 is 10.2 Å². The summed E-state index contributed by atoms with van der Waals surface area (Å²) >= 11 is 1.66. The Balaban J connectivity index is 1.34. The van der Waals surface area contributed by atoms with Crippen LogP contribution in [0.3, 0.4) is 0 Å². The molecule has 2 aromatic heterocycles. The van der Waals surface area contributed by atoms with Gasteiger partial charge in [0.2, 0.25) is 5.91 Å². The van der Waals surface area contributed by atoms with E-state index in [9.17, 15) is 4.79 Å². The first-order valence-corrected chi connectivity index (χ1v) is 10.5. The number of nitrogens with zero attached hydrogens (tertiary/aromatic N) is 3. The molecule has 0 bridgehead atoms. The number of aromatic nitrogens is 2. The first kappa shape index (κ1) is 18.6. The summed E-state index contributed by atoms with van der Waals surface area (Å²) in [6.45, 7) is 5.73. The molecule has 0 spiro atoms. The lowest BCUT2D eigenvalue weighted by Crippen LogP contribution is -2.38. The molecular weight excluding hydrogens is 368 g/mol. The Morgan fingerprint density at radius 1 is 1.07 bits per heavy atom. The Morgan fingerprint density at radius 2 is 1.82 bits per heavy atom. The third-order valence-electron chi connectivity index (χ3n) is 5.10. The number of carbonyl (C=O) groups is 1. The van der Waals surface area contributed by atoms with E-state index in [0.29, 0.717) is 0 Å². The highest BCUT2D eigenvalue weighted by Crippen LogP contribution is 2.26. The van der Waals surface area contributed by atoms with Gasteiger partial charge in [-0.3, -0.25) is 4.79 Å². The summed E-state index contributed by atoms with van der Waals surface area (Å²) in [5.41, 5.74) is 4.12. The molecule has 0 aliphatic carbocycles. The average molecular weight is 393 g/mol. The third-order valence-corrected chi connectivity index (χ3v) is 6.00. The van der Waals surface area contributed by atoms with Crippen molar-refractivity contribution in [3.05, 3.63) is 59.0 Å². The fraction of sp³-hybridized carbons (Fsp3) is 0.318. The third kappa shape index (κ3) is 4.22. The van der Waals surface area contributed by atoms with Gasteiger partial charge >= 0.3 is 0 Å². The Labute approximate surface area is 169 Å².